The second-order valence-corrected chi connectivity index (χ2v) is 19.6. The molecule has 0 radical (unpaired) electrons. The van der Waals surface area contributed by atoms with Gasteiger partial charge in [0, 0.05) is 21.1 Å². The Morgan fingerprint density at radius 2 is 1.00 bits per heavy atom. The van der Waals surface area contributed by atoms with Crippen molar-refractivity contribution >= 4 is 37.9 Å². The number of ether oxygens (including phenoxy) is 7. The van der Waals surface area contributed by atoms with E-state index in [1.807, 2.05) is 0 Å². The van der Waals surface area contributed by atoms with Gasteiger partial charge >= 0.3 is 29.8 Å². The molecule has 1 heterocycles. The third-order valence-corrected chi connectivity index (χ3v) is 12.8. The first kappa shape index (κ1) is 42.5. The summed E-state index contributed by atoms with van der Waals surface area (Å²) in [7, 11) is -0.514. The zero-order valence-electron chi connectivity index (χ0n) is 32.3. The van der Waals surface area contributed by atoms with E-state index in [9.17, 15) is 24.0 Å². The topological polar surface area (TPSA) is 150 Å². The first-order valence-corrected chi connectivity index (χ1v) is 22.3. The quantitative estimate of drug-likeness (QED) is 0.0430. The number of hydrogen-bond donors (Lipinski definition) is 0. The normalized spacial score (nSPS) is 19.1. The molecule has 1 aliphatic heterocycles. The molecule has 300 valence electrons. The van der Waals surface area contributed by atoms with Crippen LogP contribution in [-0.2, 0) is 38.0 Å². The number of unbranched alkanes of at least 4 members (excludes halogenated alkanes) is 1. The first-order valence-electron chi connectivity index (χ1n) is 18.9. The van der Waals surface area contributed by atoms with Gasteiger partial charge in [0.25, 0.3) is 0 Å². The van der Waals surface area contributed by atoms with Crippen LogP contribution in [0.5, 0.6) is 0 Å². The van der Waals surface area contributed by atoms with Gasteiger partial charge < -0.3 is 33.2 Å². The number of methoxy groups -OCH3 is 1. The second kappa shape index (κ2) is 21.0. The summed E-state index contributed by atoms with van der Waals surface area (Å²) in [6, 6.07) is 34.5. The molecule has 1 saturated heterocycles. The predicted molar refractivity (Wildman–Crippen MR) is 211 cm³/mol. The van der Waals surface area contributed by atoms with Gasteiger partial charge in [-0.3, -0.25) is 4.79 Å². The van der Waals surface area contributed by atoms with Crippen LogP contribution >= 0.6 is 0 Å². The van der Waals surface area contributed by atoms with Crippen molar-refractivity contribution in [1.29, 1.82) is 0 Å². The van der Waals surface area contributed by atoms with Crippen LogP contribution in [0.2, 0.25) is 25.2 Å². The van der Waals surface area contributed by atoms with Gasteiger partial charge in [-0.15, -0.1) is 0 Å². The summed E-state index contributed by atoms with van der Waals surface area (Å²) in [5, 5.41) is 0. The van der Waals surface area contributed by atoms with Crippen LogP contribution in [-0.4, -0.2) is 88.9 Å². The summed E-state index contributed by atoms with van der Waals surface area (Å²) in [6.45, 7) is 4.14. The molecule has 13 heteroatoms. The van der Waals surface area contributed by atoms with E-state index >= 15 is 0 Å². The van der Waals surface area contributed by atoms with Gasteiger partial charge in [-0.25, -0.2) is 19.2 Å². The number of carbonyl (C=O) groups excluding carboxylic acids is 5. The molecule has 0 N–H and O–H groups in total. The molecule has 0 bridgehead atoms. The third-order valence-electron chi connectivity index (χ3n) is 9.51. The van der Waals surface area contributed by atoms with E-state index in [-0.39, 0.29) is 34.8 Å². The lowest BCUT2D eigenvalue weighted by Gasteiger charge is -2.44. The SMILES string of the molecule is COC(=O)CCCC[Si](C)(C)CCO[C@@H]1O[C@H](COC(=O)c2ccccc2)[C@H](OC(=O)c2ccccc2)[C@H](OC(=O)c2ccccc2)[C@H]1OC(=O)c1ccccc1. The predicted octanol–water partition coefficient (Wildman–Crippen LogP) is 7.31. The molecule has 1 fully saturated rings. The maximum absolute atomic E-state index is 13.8. The van der Waals surface area contributed by atoms with E-state index in [2.05, 4.69) is 13.1 Å². The van der Waals surface area contributed by atoms with Gasteiger partial charge in [0.05, 0.1) is 29.4 Å². The largest absolute Gasteiger partial charge is 0.469 e. The number of rotatable bonds is 18. The fraction of sp³-hybridized carbons (Fsp3) is 0.341. The minimum Gasteiger partial charge on any atom is -0.469 e. The fourth-order valence-electron chi connectivity index (χ4n) is 6.21. The Hall–Kier alpha value is -5.63. The minimum absolute atomic E-state index is 0.171. The molecule has 4 aromatic rings. The second-order valence-electron chi connectivity index (χ2n) is 14.3. The van der Waals surface area contributed by atoms with Crippen molar-refractivity contribution in [2.45, 2.75) is 75.2 Å². The Labute approximate surface area is 333 Å². The molecule has 0 spiro atoms. The zero-order valence-corrected chi connectivity index (χ0v) is 33.3. The van der Waals surface area contributed by atoms with Gasteiger partial charge in [0.1, 0.15) is 12.7 Å². The summed E-state index contributed by atoms with van der Waals surface area (Å²) in [6.07, 6.45) is -5.13. The Morgan fingerprint density at radius 3 is 1.47 bits per heavy atom. The zero-order chi connectivity index (χ0) is 40.6. The maximum Gasteiger partial charge on any atom is 0.338 e. The van der Waals surface area contributed by atoms with Gasteiger partial charge in [0.2, 0.25) is 0 Å². The van der Waals surface area contributed by atoms with Crippen LogP contribution in [0.4, 0.5) is 0 Å². The molecule has 5 rings (SSSR count). The smallest absolute Gasteiger partial charge is 0.338 e. The lowest BCUT2D eigenvalue weighted by Crippen LogP contribution is -2.63. The molecule has 1 aliphatic rings. The van der Waals surface area contributed by atoms with E-state index in [4.69, 9.17) is 33.2 Å². The average molecular weight is 797 g/mol. The van der Waals surface area contributed by atoms with Crippen LogP contribution in [0.15, 0.2) is 121 Å². The molecule has 0 unspecified atom stereocenters. The van der Waals surface area contributed by atoms with Gasteiger partial charge in [-0.1, -0.05) is 98.4 Å². The van der Waals surface area contributed by atoms with E-state index in [1.54, 1.807) is 121 Å². The molecule has 0 amide bonds. The molecule has 0 saturated carbocycles. The monoisotopic (exact) mass is 796 g/mol. The Balaban J connectivity index is 1.48. The van der Waals surface area contributed by atoms with Crippen molar-refractivity contribution in [2.24, 2.45) is 0 Å². The maximum atomic E-state index is 13.8. The highest BCUT2D eigenvalue weighted by atomic mass is 28.3. The molecule has 4 aromatic carbocycles. The van der Waals surface area contributed by atoms with Crippen molar-refractivity contribution in [3.05, 3.63) is 144 Å². The van der Waals surface area contributed by atoms with Crippen LogP contribution < -0.4 is 0 Å². The average Bonchev–Trinajstić information content (AvgIpc) is 3.24. The first-order chi connectivity index (χ1) is 27.5. The molecular formula is C44H48O12Si. The van der Waals surface area contributed by atoms with Gasteiger partial charge in [-0.05, 0) is 61.0 Å². The summed E-state index contributed by atoms with van der Waals surface area (Å²) >= 11 is 0. The summed E-state index contributed by atoms with van der Waals surface area (Å²) in [5.41, 5.74) is 0.872. The fourth-order valence-corrected chi connectivity index (χ4v) is 8.34. The lowest BCUT2D eigenvalue weighted by atomic mass is 9.97. The number of esters is 5. The Kier molecular flexibility index (Phi) is 15.7. The van der Waals surface area contributed by atoms with Gasteiger partial charge in [-0.2, -0.15) is 0 Å². The third kappa shape index (κ3) is 12.7. The number of benzene rings is 4. The van der Waals surface area contributed by atoms with Crippen LogP contribution in [0.1, 0.15) is 60.7 Å². The van der Waals surface area contributed by atoms with E-state index in [0.717, 1.165) is 12.5 Å². The summed E-state index contributed by atoms with van der Waals surface area (Å²) in [5.74, 6) is -3.25. The lowest BCUT2D eigenvalue weighted by molar-refractivity contribution is -0.297. The summed E-state index contributed by atoms with van der Waals surface area (Å²) < 4.78 is 41.7. The van der Waals surface area contributed by atoms with Crippen LogP contribution in [0, 0.1) is 0 Å². The highest BCUT2D eigenvalue weighted by Crippen LogP contribution is 2.32. The molecule has 0 aromatic heterocycles. The Bertz CT molecular complexity index is 1910. The van der Waals surface area contributed by atoms with Crippen molar-refractivity contribution in [3.8, 4) is 0 Å². The highest BCUT2D eigenvalue weighted by molar-refractivity contribution is 6.77. The number of hydrogen-bond acceptors (Lipinski definition) is 12. The standard InChI is InChI=1S/C44H48O12Si/c1-50-36(45)26-16-17-28-57(2,3)29-27-51-44-39(56-43(49)34-24-14-7-15-25-34)38(55-42(48)33-22-12-6-13-23-33)37(54-41(47)32-20-10-5-11-21-32)35(53-44)30-52-40(46)31-18-8-4-9-19-31/h4-15,18-25,35,37-39,44H,16-17,26-30H2,1-3H3/t35-,37+,38+,39-,44-/m1/s1. The minimum atomic E-state index is -1.89. The van der Waals surface area contributed by atoms with Crippen LogP contribution in [0.3, 0.4) is 0 Å². The van der Waals surface area contributed by atoms with Crippen LogP contribution in [0.25, 0.3) is 0 Å². The molecule has 0 aliphatic carbocycles. The molecule has 57 heavy (non-hydrogen) atoms. The molecular weight excluding hydrogens is 749 g/mol. The number of carbonyl (C=O) groups is 5. The van der Waals surface area contributed by atoms with E-state index in [1.165, 1.54) is 7.11 Å². The van der Waals surface area contributed by atoms with Gasteiger partial charge in [0.15, 0.2) is 24.6 Å². The van der Waals surface area contributed by atoms with Crippen molar-refractivity contribution in [1.82, 2.24) is 0 Å². The molecule has 5 atom stereocenters. The summed E-state index contributed by atoms with van der Waals surface area (Å²) in [4.78, 5) is 66.1. The Morgan fingerprint density at radius 1 is 0.561 bits per heavy atom. The van der Waals surface area contributed by atoms with Crippen molar-refractivity contribution in [2.75, 3.05) is 20.3 Å². The molecule has 12 nitrogen and oxygen atoms in total. The van der Waals surface area contributed by atoms with Crippen molar-refractivity contribution in [3.63, 3.8) is 0 Å². The van der Waals surface area contributed by atoms with E-state index in [0.29, 0.717) is 18.9 Å². The van der Waals surface area contributed by atoms with E-state index < -0.39 is 69.3 Å². The van der Waals surface area contributed by atoms with Crippen molar-refractivity contribution < 1.29 is 57.1 Å². The highest BCUT2D eigenvalue weighted by Gasteiger charge is 2.53.